The molecule has 0 fully saturated rings. The van der Waals surface area contributed by atoms with Crippen LogP contribution in [-0.4, -0.2) is 34.2 Å². The molecule has 0 aliphatic rings. The molecule has 1 atom stereocenters. The minimum Gasteiger partial charge on any atom is -0.224 e. The maximum Gasteiger partial charge on any atom is 0.175 e. The smallest absolute Gasteiger partial charge is 0.175 e. The van der Waals surface area contributed by atoms with Gasteiger partial charge in [0.15, 0.2) is 19.7 Å². The zero-order valence-corrected chi connectivity index (χ0v) is 15.8. The predicted octanol–water partition coefficient (Wildman–Crippen LogP) is 2.85. The molecular formula is C14H21BrO4S2. The lowest BCUT2D eigenvalue weighted by atomic mass is 10.0. The summed E-state index contributed by atoms with van der Waals surface area (Å²) in [6.45, 7) is 4.19. The Bertz CT molecular complexity index is 706. The van der Waals surface area contributed by atoms with E-state index in [2.05, 4.69) is 29.8 Å². The molecule has 120 valence electrons. The zero-order valence-electron chi connectivity index (χ0n) is 12.6. The first-order valence-corrected chi connectivity index (χ1v) is 11.3. The molecule has 0 saturated carbocycles. The van der Waals surface area contributed by atoms with Crippen LogP contribution < -0.4 is 0 Å². The lowest BCUT2D eigenvalue weighted by Gasteiger charge is -2.15. The molecule has 0 radical (unpaired) electrons. The SMILES string of the molecule is CC(C)CC(Br)Cc1ccc(S(C)(=O)=O)cc1S(C)(=O)=O. The van der Waals surface area contributed by atoms with Crippen molar-refractivity contribution in [2.24, 2.45) is 5.92 Å². The van der Waals surface area contributed by atoms with E-state index in [4.69, 9.17) is 0 Å². The highest BCUT2D eigenvalue weighted by molar-refractivity contribution is 9.09. The van der Waals surface area contributed by atoms with Crippen molar-refractivity contribution in [2.45, 2.75) is 41.3 Å². The van der Waals surface area contributed by atoms with Crippen LogP contribution in [0.3, 0.4) is 0 Å². The maximum absolute atomic E-state index is 11.9. The number of rotatable bonds is 6. The summed E-state index contributed by atoms with van der Waals surface area (Å²) in [6, 6.07) is 4.32. The number of benzene rings is 1. The van der Waals surface area contributed by atoms with E-state index in [1.165, 1.54) is 12.1 Å². The first kappa shape index (κ1) is 18.6. The first-order valence-electron chi connectivity index (χ1n) is 6.58. The Morgan fingerprint density at radius 2 is 1.62 bits per heavy atom. The fourth-order valence-electron chi connectivity index (χ4n) is 2.11. The van der Waals surface area contributed by atoms with Crippen molar-refractivity contribution in [3.05, 3.63) is 23.8 Å². The number of hydrogen-bond acceptors (Lipinski definition) is 4. The Morgan fingerprint density at radius 1 is 1.05 bits per heavy atom. The van der Waals surface area contributed by atoms with E-state index < -0.39 is 19.7 Å². The second-order valence-electron chi connectivity index (χ2n) is 5.74. The number of alkyl halides is 1. The summed E-state index contributed by atoms with van der Waals surface area (Å²) < 4.78 is 47.0. The van der Waals surface area contributed by atoms with Gasteiger partial charge in [-0.25, -0.2) is 16.8 Å². The molecule has 0 heterocycles. The molecule has 4 nitrogen and oxygen atoms in total. The van der Waals surface area contributed by atoms with E-state index in [1.807, 2.05) is 0 Å². The molecule has 0 bridgehead atoms. The van der Waals surface area contributed by atoms with E-state index in [0.717, 1.165) is 18.9 Å². The van der Waals surface area contributed by atoms with Crippen LogP contribution in [-0.2, 0) is 26.1 Å². The van der Waals surface area contributed by atoms with Crippen molar-refractivity contribution >= 4 is 35.6 Å². The summed E-state index contributed by atoms with van der Waals surface area (Å²) in [6.07, 6.45) is 3.63. The molecule has 1 rings (SSSR count). The largest absolute Gasteiger partial charge is 0.224 e. The molecule has 0 amide bonds. The molecule has 7 heteroatoms. The van der Waals surface area contributed by atoms with Crippen LogP contribution >= 0.6 is 15.9 Å². The summed E-state index contributed by atoms with van der Waals surface area (Å²) in [4.78, 5) is 0.280. The van der Waals surface area contributed by atoms with E-state index in [1.54, 1.807) is 6.07 Å². The Hall–Kier alpha value is -0.400. The number of sulfone groups is 2. The van der Waals surface area contributed by atoms with Gasteiger partial charge in [-0.2, -0.15) is 0 Å². The van der Waals surface area contributed by atoms with Crippen LogP contribution in [0.2, 0.25) is 0 Å². The number of halogens is 1. The predicted molar refractivity (Wildman–Crippen MR) is 88.5 cm³/mol. The van der Waals surface area contributed by atoms with Gasteiger partial charge in [0.25, 0.3) is 0 Å². The molecule has 0 N–H and O–H groups in total. The normalized spacial score (nSPS) is 14.4. The first-order chi connectivity index (χ1) is 9.41. The van der Waals surface area contributed by atoms with Crippen LogP contribution in [0.5, 0.6) is 0 Å². The van der Waals surface area contributed by atoms with Gasteiger partial charge >= 0.3 is 0 Å². The average Bonchev–Trinajstić information content (AvgIpc) is 2.24. The fraction of sp³-hybridized carbons (Fsp3) is 0.571. The van der Waals surface area contributed by atoms with Gasteiger partial charge in [-0.05, 0) is 36.5 Å². The Kier molecular flexibility index (Phi) is 6.03. The van der Waals surface area contributed by atoms with Crippen molar-refractivity contribution in [1.29, 1.82) is 0 Å². The van der Waals surface area contributed by atoms with Crippen molar-refractivity contribution in [3.63, 3.8) is 0 Å². The van der Waals surface area contributed by atoms with Crippen LogP contribution in [0.15, 0.2) is 28.0 Å². The van der Waals surface area contributed by atoms with Gasteiger partial charge in [-0.15, -0.1) is 0 Å². The van der Waals surface area contributed by atoms with Gasteiger partial charge in [0.2, 0.25) is 0 Å². The van der Waals surface area contributed by atoms with Crippen LogP contribution in [0, 0.1) is 5.92 Å². The lowest BCUT2D eigenvalue weighted by Crippen LogP contribution is -2.11. The van der Waals surface area contributed by atoms with E-state index >= 15 is 0 Å². The Labute approximate surface area is 135 Å². The highest BCUT2D eigenvalue weighted by Gasteiger charge is 2.19. The average molecular weight is 397 g/mol. The van der Waals surface area contributed by atoms with Crippen LogP contribution in [0.1, 0.15) is 25.8 Å². The summed E-state index contributed by atoms with van der Waals surface area (Å²) >= 11 is 3.56. The van der Waals surface area contributed by atoms with Crippen molar-refractivity contribution in [3.8, 4) is 0 Å². The van der Waals surface area contributed by atoms with Gasteiger partial charge < -0.3 is 0 Å². The van der Waals surface area contributed by atoms with Crippen molar-refractivity contribution in [2.75, 3.05) is 12.5 Å². The lowest BCUT2D eigenvalue weighted by molar-refractivity contribution is 0.567. The minimum atomic E-state index is -3.48. The molecule has 1 unspecified atom stereocenters. The molecule has 0 spiro atoms. The zero-order chi connectivity index (χ0) is 16.4. The van der Waals surface area contributed by atoms with Crippen LogP contribution in [0.25, 0.3) is 0 Å². The molecule has 0 aliphatic carbocycles. The molecule has 0 saturated heterocycles. The second-order valence-corrected chi connectivity index (χ2v) is 11.0. The molecular weight excluding hydrogens is 376 g/mol. The summed E-state index contributed by atoms with van der Waals surface area (Å²) in [5, 5.41) is 0. The monoisotopic (exact) mass is 396 g/mol. The third-order valence-electron chi connectivity index (χ3n) is 3.03. The number of hydrogen-bond donors (Lipinski definition) is 0. The van der Waals surface area contributed by atoms with E-state index in [-0.39, 0.29) is 14.6 Å². The van der Waals surface area contributed by atoms with Gasteiger partial charge in [-0.1, -0.05) is 35.8 Å². The molecule has 0 aliphatic heterocycles. The van der Waals surface area contributed by atoms with Gasteiger partial charge in [-0.3, -0.25) is 0 Å². The fourth-order valence-corrected chi connectivity index (χ4v) is 4.90. The standard InChI is InChI=1S/C14H21BrO4S2/c1-10(2)7-12(15)8-11-5-6-13(20(3,16)17)9-14(11)21(4,18)19/h5-6,9-10,12H,7-8H2,1-4H3. The van der Waals surface area contributed by atoms with E-state index in [9.17, 15) is 16.8 Å². The highest BCUT2D eigenvalue weighted by Crippen LogP contribution is 2.25. The molecule has 21 heavy (non-hydrogen) atoms. The Morgan fingerprint density at radius 3 is 2.05 bits per heavy atom. The molecule has 1 aromatic rings. The third-order valence-corrected chi connectivity index (χ3v) is 6.02. The highest BCUT2D eigenvalue weighted by atomic mass is 79.9. The summed E-state index contributed by atoms with van der Waals surface area (Å²) in [7, 11) is -6.90. The van der Waals surface area contributed by atoms with Gasteiger partial charge in [0.05, 0.1) is 9.79 Å². The van der Waals surface area contributed by atoms with Gasteiger partial charge in [0, 0.05) is 17.3 Å². The minimum absolute atomic E-state index is 0.0293. The van der Waals surface area contributed by atoms with Crippen molar-refractivity contribution < 1.29 is 16.8 Å². The molecule has 1 aromatic carbocycles. The third kappa shape index (κ3) is 5.71. The van der Waals surface area contributed by atoms with Crippen LogP contribution in [0.4, 0.5) is 0 Å². The summed E-state index contributed by atoms with van der Waals surface area (Å²) in [5.41, 5.74) is 0.646. The second kappa shape index (κ2) is 6.79. The topological polar surface area (TPSA) is 68.3 Å². The van der Waals surface area contributed by atoms with Gasteiger partial charge in [0.1, 0.15) is 0 Å². The molecule has 0 aromatic heterocycles. The quantitative estimate of drug-likeness (QED) is 0.693. The van der Waals surface area contributed by atoms with Crippen molar-refractivity contribution in [1.82, 2.24) is 0 Å². The Balaban J connectivity index is 3.28. The van der Waals surface area contributed by atoms with E-state index in [0.29, 0.717) is 17.9 Å². The summed E-state index contributed by atoms with van der Waals surface area (Å²) in [5.74, 6) is 0.492. The maximum atomic E-state index is 11.9.